The third kappa shape index (κ3) is 3.87. The van der Waals surface area contributed by atoms with Crippen LogP contribution >= 0.6 is 0 Å². The first-order chi connectivity index (χ1) is 10.2. The topological polar surface area (TPSA) is 45.0 Å². The average molecular weight is 290 g/mol. The van der Waals surface area contributed by atoms with Crippen LogP contribution in [0.5, 0.6) is 0 Å². The second-order valence-electron chi connectivity index (χ2n) is 6.11. The molecule has 0 bridgehead atoms. The summed E-state index contributed by atoms with van der Waals surface area (Å²) in [5.41, 5.74) is 9.53. The van der Waals surface area contributed by atoms with Crippen LogP contribution in [0.3, 0.4) is 0 Å². The Hall–Kier alpha value is -1.30. The minimum Gasteiger partial charge on any atom is -0.399 e. The van der Waals surface area contributed by atoms with Gasteiger partial charge in [0, 0.05) is 57.2 Å². The fourth-order valence-electron chi connectivity index (χ4n) is 3.06. The Morgan fingerprint density at radius 2 is 1.71 bits per heavy atom. The molecule has 0 aromatic heterocycles. The third-order valence-electron chi connectivity index (χ3n) is 4.38. The Kier molecular flexibility index (Phi) is 4.63. The summed E-state index contributed by atoms with van der Waals surface area (Å²) in [5, 5.41) is 0. The van der Waals surface area contributed by atoms with E-state index in [-0.39, 0.29) is 0 Å². The SMILES string of the molecule is CN1CCN(Cc2cc(N)cc(N3CCOCC3)c2)CC1. The van der Waals surface area contributed by atoms with Crippen LogP contribution < -0.4 is 10.6 Å². The molecule has 0 saturated carbocycles. The summed E-state index contributed by atoms with van der Waals surface area (Å²) in [6, 6.07) is 6.49. The highest BCUT2D eigenvalue weighted by molar-refractivity contribution is 5.58. The summed E-state index contributed by atoms with van der Waals surface area (Å²) in [6.45, 7) is 9.10. The normalized spacial score (nSPS) is 21.7. The molecule has 2 saturated heterocycles. The van der Waals surface area contributed by atoms with Gasteiger partial charge in [0.1, 0.15) is 0 Å². The Balaban J connectivity index is 1.68. The smallest absolute Gasteiger partial charge is 0.0642 e. The molecule has 0 unspecified atom stereocenters. The number of piperazine rings is 1. The molecule has 2 heterocycles. The van der Waals surface area contributed by atoms with Crippen molar-refractivity contribution in [1.82, 2.24) is 9.80 Å². The van der Waals surface area contributed by atoms with E-state index < -0.39 is 0 Å². The van der Waals surface area contributed by atoms with Gasteiger partial charge in [-0.1, -0.05) is 0 Å². The van der Waals surface area contributed by atoms with Crippen molar-refractivity contribution in [2.75, 3.05) is 70.2 Å². The van der Waals surface area contributed by atoms with Crippen LogP contribution in [0, 0.1) is 0 Å². The molecule has 0 aliphatic carbocycles. The molecule has 0 atom stereocenters. The van der Waals surface area contributed by atoms with Crippen molar-refractivity contribution in [3.05, 3.63) is 23.8 Å². The van der Waals surface area contributed by atoms with Crippen LogP contribution in [-0.2, 0) is 11.3 Å². The zero-order valence-electron chi connectivity index (χ0n) is 12.9. The molecule has 21 heavy (non-hydrogen) atoms. The minimum atomic E-state index is 0.808. The number of nitrogens with zero attached hydrogens (tertiary/aromatic N) is 3. The van der Waals surface area contributed by atoms with Crippen LogP contribution in [-0.4, -0.2) is 69.3 Å². The van der Waals surface area contributed by atoms with Crippen molar-refractivity contribution in [1.29, 1.82) is 0 Å². The standard InChI is InChI=1S/C16H26N4O/c1-18-2-4-19(5-3-18)13-14-10-15(17)12-16(11-14)20-6-8-21-9-7-20/h10-12H,2-9,13,17H2,1H3. The number of ether oxygens (including phenoxy) is 1. The zero-order chi connectivity index (χ0) is 14.7. The van der Waals surface area contributed by atoms with Gasteiger partial charge in [-0.15, -0.1) is 0 Å². The summed E-state index contributed by atoms with van der Waals surface area (Å²) >= 11 is 0. The van der Waals surface area contributed by atoms with Gasteiger partial charge in [0.2, 0.25) is 0 Å². The summed E-state index contributed by atoms with van der Waals surface area (Å²) < 4.78 is 5.43. The highest BCUT2D eigenvalue weighted by Crippen LogP contribution is 2.23. The predicted molar refractivity (Wildman–Crippen MR) is 86.7 cm³/mol. The van der Waals surface area contributed by atoms with E-state index in [4.69, 9.17) is 10.5 Å². The number of likely N-dealkylation sites (N-methyl/N-ethyl adjacent to an activating group) is 1. The molecule has 5 heteroatoms. The van der Waals surface area contributed by atoms with Gasteiger partial charge in [0.05, 0.1) is 13.2 Å². The Bertz CT molecular complexity index is 465. The minimum absolute atomic E-state index is 0.808. The molecule has 2 aliphatic heterocycles. The molecule has 0 spiro atoms. The number of morpholine rings is 1. The Labute approximate surface area is 127 Å². The van der Waals surface area contributed by atoms with Crippen molar-refractivity contribution in [2.45, 2.75) is 6.54 Å². The van der Waals surface area contributed by atoms with Gasteiger partial charge in [-0.25, -0.2) is 0 Å². The maximum absolute atomic E-state index is 6.11. The summed E-state index contributed by atoms with van der Waals surface area (Å²) in [6.07, 6.45) is 0. The molecule has 0 radical (unpaired) electrons. The number of hydrogen-bond donors (Lipinski definition) is 1. The molecule has 1 aromatic rings. The second kappa shape index (κ2) is 6.64. The fraction of sp³-hybridized carbons (Fsp3) is 0.625. The van der Waals surface area contributed by atoms with Crippen molar-refractivity contribution < 1.29 is 4.74 Å². The maximum Gasteiger partial charge on any atom is 0.0642 e. The molecule has 3 rings (SSSR count). The van der Waals surface area contributed by atoms with Gasteiger partial charge in [-0.05, 0) is 30.8 Å². The average Bonchev–Trinajstić information content (AvgIpc) is 2.50. The Morgan fingerprint density at radius 1 is 1.00 bits per heavy atom. The molecule has 2 aliphatic rings. The highest BCUT2D eigenvalue weighted by atomic mass is 16.5. The summed E-state index contributed by atoms with van der Waals surface area (Å²) in [7, 11) is 2.19. The van der Waals surface area contributed by atoms with Crippen LogP contribution in [0.4, 0.5) is 11.4 Å². The van der Waals surface area contributed by atoms with Crippen molar-refractivity contribution in [3.8, 4) is 0 Å². The van der Waals surface area contributed by atoms with Crippen molar-refractivity contribution in [2.24, 2.45) is 0 Å². The van der Waals surface area contributed by atoms with E-state index in [1.807, 2.05) is 0 Å². The monoisotopic (exact) mass is 290 g/mol. The first-order valence-electron chi connectivity index (χ1n) is 7.84. The Morgan fingerprint density at radius 3 is 2.43 bits per heavy atom. The number of rotatable bonds is 3. The van der Waals surface area contributed by atoms with E-state index in [1.54, 1.807) is 0 Å². The van der Waals surface area contributed by atoms with E-state index in [0.29, 0.717) is 0 Å². The molecular formula is C16H26N4O. The van der Waals surface area contributed by atoms with Gasteiger partial charge < -0.3 is 20.3 Å². The highest BCUT2D eigenvalue weighted by Gasteiger charge is 2.16. The van der Waals surface area contributed by atoms with Gasteiger partial charge >= 0.3 is 0 Å². The summed E-state index contributed by atoms with van der Waals surface area (Å²) in [4.78, 5) is 7.26. The van der Waals surface area contributed by atoms with E-state index in [1.165, 1.54) is 11.3 Å². The van der Waals surface area contributed by atoms with E-state index in [9.17, 15) is 0 Å². The van der Waals surface area contributed by atoms with Crippen LogP contribution in [0.2, 0.25) is 0 Å². The van der Waals surface area contributed by atoms with E-state index in [0.717, 1.165) is 64.7 Å². The van der Waals surface area contributed by atoms with Gasteiger partial charge in [0.25, 0.3) is 0 Å². The fourth-order valence-corrected chi connectivity index (χ4v) is 3.06. The third-order valence-corrected chi connectivity index (χ3v) is 4.38. The predicted octanol–water partition coefficient (Wildman–Crippen LogP) is 0.853. The first kappa shape index (κ1) is 14.6. The van der Waals surface area contributed by atoms with Crippen LogP contribution in [0.1, 0.15) is 5.56 Å². The number of benzene rings is 1. The van der Waals surface area contributed by atoms with E-state index in [2.05, 4.69) is 39.9 Å². The lowest BCUT2D eigenvalue weighted by atomic mass is 10.1. The quantitative estimate of drug-likeness (QED) is 0.836. The lowest BCUT2D eigenvalue weighted by Crippen LogP contribution is -2.43. The van der Waals surface area contributed by atoms with Gasteiger partial charge in [0.15, 0.2) is 0 Å². The molecule has 5 nitrogen and oxygen atoms in total. The molecule has 2 N–H and O–H groups in total. The van der Waals surface area contributed by atoms with Crippen LogP contribution in [0.15, 0.2) is 18.2 Å². The summed E-state index contributed by atoms with van der Waals surface area (Å²) in [5.74, 6) is 0. The van der Waals surface area contributed by atoms with E-state index >= 15 is 0 Å². The first-order valence-corrected chi connectivity index (χ1v) is 7.84. The number of hydrogen-bond acceptors (Lipinski definition) is 5. The van der Waals surface area contributed by atoms with Crippen molar-refractivity contribution in [3.63, 3.8) is 0 Å². The molecule has 2 fully saturated rings. The largest absolute Gasteiger partial charge is 0.399 e. The molecule has 0 amide bonds. The number of nitrogens with two attached hydrogens (primary N) is 1. The van der Waals surface area contributed by atoms with Gasteiger partial charge in [-0.3, -0.25) is 4.90 Å². The van der Waals surface area contributed by atoms with Gasteiger partial charge in [-0.2, -0.15) is 0 Å². The van der Waals surface area contributed by atoms with Crippen molar-refractivity contribution >= 4 is 11.4 Å². The molecule has 1 aromatic carbocycles. The molecule has 116 valence electrons. The molecular weight excluding hydrogens is 264 g/mol. The number of anilines is 2. The zero-order valence-corrected chi connectivity index (χ0v) is 12.9. The lowest BCUT2D eigenvalue weighted by Gasteiger charge is -2.33. The number of nitrogen functional groups attached to an aromatic ring is 1. The lowest BCUT2D eigenvalue weighted by molar-refractivity contribution is 0.122. The maximum atomic E-state index is 6.11. The van der Waals surface area contributed by atoms with Crippen LogP contribution in [0.25, 0.3) is 0 Å². The second-order valence-corrected chi connectivity index (χ2v) is 6.11.